The molecule has 0 unspecified atom stereocenters. The van der Waals surface area contributed by atoms with Crippen LogP contribution in [0.1, 0.15) is 45.6 Å². The summed E-state index contributed by atoms with van der Waals surface area (Å²) >= 11 is 0. The monoisotopic (exact) mass is 520 g/mol. The summed E-state index contributed by atoms with van der Waals surface area (Å²) in [6, 6.07) is 17.6. The maximum absolute atomic E-state index is 13.9. The molecule has 1 spiro atoms. The van der Waals surface area contributed by atoms with Crippen molar-refractivity contribution in [3.63, 3.8) is 0 Å². The number of nitrogens with one attached hydrogen (secondary N) is 1. The van der Waals surface area contributed by atoms with Gasteiger partial charge in [-0.25, -0.2) is 0 Å². The molecule has 0 radical (unpaired) electrons. The number of hydrogen-bond acceptors (Lipinski definition) is 5. The first-order valence-corrected chi connectivity index (χ1v) is 13.4. The Hall–Kier alpha value is -3.55. The molecule has 8 heteroatoms. The van der Waals surface area contributed by atoms with Crippen molar-refractivity contribution in [3.05, 3.63) is 60.2 Å². The number of nitrogens with zero attached hydrogens (tertiary/aromatic N) is 3. The highest BCUT2D eigenvalue weighted by Crippen LogP contribution is 2.39. The van der Waals surface area contributed by atoms with Crippen LogP contribution >= 0.6 is 0 Å². The van der Waals surface area contributed by atoms with Crippen LogP contribution < -0.4 is 15.0 Å². The van der Waals surface area contributed by atoms with Gasteiger partial charge < -0.3 is 24.8 Å². The number of benzene rings is 2. The molecule has 2 aliphatic rings. The standard InChI is InChI=1S/C30H40N4O4/c1-29(2,3)20-27(36)32-18-15-30(16-19-32)28(37)33(22-34(30)24-11-6-5-7-12-24)21-26(35)31-17-14-23-10-8-9-13-25(23)38-4/h5-13H,14-22H2,1-4H3,(H,31,35). The number of carbonyl (C=O) groups is 3. The van der Waals surface area contributed by atoms with E-state index in [4.69, 9.17) is 4.74 Å². The molecule has 0 aromatic heterocycles. The summed E-state index contributed by atoms with van der Waals surface area (Å²) in [7, 11) is 1.63. The Morgan fingerprint density at radius 2 is 1.66 bits per heavy atom. The summed E-state index contributed by atoms with van der Waals surface area (Å²) in [5.74, 6) is 0.708. The van der Waals surface area contributed by atoms with Crippen molar-refractivity contribution in [2.75, 3.05) is 44.9 Å². The van der Waals surface area contributed by atoms with Gasteiger partial charge in [-0.05, 0) is 48.4 Å². The van der Waals surface area contributed by atoms with Crippen molar-refractivity contribution in [2.45, 2.75) is 52.0 Å². The third-order valence-electron chi connectivity index (χ3n) is 7.45. The third-order valence-corrected chi connectivity index (χ3v) is 7.45. The Kier molecular flexibility index (Phi) is 8.29. The van der Waals surface area contributed by atoms with Gasteiger partial charge in [0.2, 0.25) is 11.8 Å². The summed E-state index contributed by atoms with van der Waals surface area (Å²) in [6.45, 7) is 8.06. The van der Waals surface area contributed by atoms with E-state index in [1.54, 1.807) is 12.0 Å². The molecule has 0 atom stereocenters. The average molecular weight is 521 g/mol. The number of piperidine rings is 1. The molecule has 204 valence electrons. The van der Waals surface area contributed by atoms with Crippen LogP contribution in [-0.4, -0.2) is 73.0 Å². The smallest absolute Gasteiger partial charge is 0.250 e. The number of amides is 3. The quantitative estimate of drug-likeness (QED) is 0.577. The van der Waals surface area contributed by atoms with Crippen LogP contribution in [0.3, 0.4) is 0 Å². The summed E-state index contributed by atoms with van der Waals surface area (Å²) in [4.78, 5) is 45.3. The van der Waals surface area contributed by atoms with Gasteiger partial charge in [0.1, 0.15) is 17.8 Å². The van der Waals surface area contributed by atoms with Crippen molar-refractivity contribution in [3.8, 4) is 5.75 Å². The molecule has 1 N–H and O–H groups in total. The van der Waals surface area contributed by atoms with Gasteiger partial charge in [-0.3, -0.25) is 14.4 Å². The SMILES string of the molecule is COc1ccccc1CCNC(=O)CN1CN(c2ccccc2)C2(CCN(C(=O)CC(C)(C)C)CC2)C1=O. The number of para-hydroxylation sites is 2. The van der Waals surface area contributed by atoms with E-state index in [1.165, 1.54) is 0 Å². The van der Waals surface area contributed by atoms with E-state index >= 15 is 0 Å². The van der Waals surface area contributed by atoms with E-state index in [0.29, 0.717) is 52.0 Å². The Balaban J connectivity index is 1.42. The molecular weight excluding hydrogens is 480 g/mol. The lowest BCUT2D eigenvalue weighted by Crippen LogP contribution is -2.57. The van der Waals surface area contributed by atoms with Gasteiger partial charge in [-0.1, -0.05) is 57.2 Å². The minimum atomic E-state index is -0.752. The molecule has 2 aromatic carbocycles. The second-order valence-corrected chi connectivity index (χ2v) is 11.5. The lowest BCUT2D eigenvalue weighted by molar-refractivity contribution is -0.140. The molecule has 8 nitrogen and oxygen atoms in total. The van der Waals surface area contributed by atoms with Crippen molar-refractivity contribution < 1.29 is 19.1 Å². The molecule has 2 aromatic rings. The van der Waals surface area contributed by atoms with Crippen LogP contribution in [0.5, 0.6) is 5.75 Å². The predicted octanol–water partition coefficient (Wildman–Crippen LogP) is 3.46. The number of anilines is 1. The molecule has 38 heavy (non-hydrogen) atoms. The van der Waals surface area contributed by atoms with Gasteiger partial charge >= 0.3 is 0 Å². The van der Waals surface area contributed by atoms with Crippen LogP contribution in [0.4, 0.5) is 5.69 Å². The summed E-state index contributed by atoms with van der Waals surface area (Å²) in [5.41, 5.74) is 1.14. The van der Waals surface area contributed by atoms with E-state index in [0.717, 1.165) is 17.0 Å². The van der Waals surface area contributed by atoms with E-state index < -0.39 is 5.54 Å². The van der Waals surface area contributed by atoms with Gasteiger partial charge in [0.15, 0.2) is 0 Å². The molecule has 2 fully saturated rings. The summed E-state index contributed by atoms with van der Waals surface area (Å²) in [6.07, 6.45) is 2.21. The first-order chi connectivity index (χ1) is 18.1. The van der Waals surface area contributed by atoms with Crippen LogP contribution in [0.15, 0.2) is 54.6 Å². The second kappa shape index (κ2) is 11.5. The van der Waals surface area contributed by atoms with Crippen molar-refractivity contribution in [2.24, 2.45) is 5.41 Å². The molecule has 3 amide bonds. The zero-order valence-electron chi connectivity index (χ0n) is 23.0. The maximum atomic E-state index is 13.9. The summed E-state index contributed by atoms with van der Waals surface area (Å²) in [5, 5.41) is 2.96. The van der Waals surface area contributed by atoms with E-state index in [1.807, 2.05) is 59.5 Å². The van der Waals surface area contributed by atoms with E-state index in [9.17, 15) is 14.4 Å². The van der Waals surface area contributed by atoms with Crippen LogP contribution in [0.25, 0.3) is 0 Å². The third kappa shape index (κ3) is 6.11. The zero-order valence-corrected chi connectivity index (χ0v) is 23.0. The lowest BCUT2D eigenvalue weighted by Gasteiger charge is -2.43. The van der Waals surface area contributed by atoms with Gasteiger partial charge in [0.25, 0.3) is 5.91 Å². The molecule has 4 rings (SSSR count). The Labute approximate surface area is 225 Å². The first kappa shape index (κ1) is 27.5. The Bertz CT molecular complexity index is 1140. The molecule has 0 aliphatic carbocycles. The lowest BCUT2D eigenvalue weighted by atomic mass is 9.84. The van der Waals surface area contributed by atoms with Gasteiger partial charge in [0.05, 0.1) is 13.8 Å². The van der Waals surface area contributed by atoms with E-state index in [2.05, 4.69) is 31.0 Å². The van der Waals surface area contributed by atoms with Gasteiger partial charge in [-0.15, -0.1) is 0 Å². The molecular formula is C30H40N4O4. The predicted molar refractivity (Wildman–Crippen MR) is 148 cm³/mol. The first-order valence-electron chi connectivity index (χ1n) is 13.4. The number of methoxy groups -OCH3 is 1. The van der Waals surface area contributed by atoms with Crippen molar-refractivity contribution in [1.29, 1.82) is 0 Å². The fourth-order valence-corrected chi connectivity index (χ4v) is 5.49. The highest BCUT2D eigenvalue weighted by Gasteiger charge is 2.54. The van der Waals surface area contributed by atoms with E-state index in [-0.39, 0.29) is 29.7 Å². The fourth-order valence-electron chi connectivity index (χ4n) is 5.49. The normalized spacial score (nSPS) is 17.2. The van der Waals surface area contributed by atoms with Crippen LogP contribution in [0, 0.1) is 5.41 Å². The van der Waals surface area contributed by atoms with Crippen LogP contribution in [-0.2, 0) is 20.8 Å². The largest absolute Gasteiger partial charge is 0.496 e. The van der Waals surface area contributed by atoms with Gasteiger partial charge in [0, 0.05) is 31.7 Å². The zero-order chi connectivity index (χ0) is 27.3. The average Bonchev–Trinajstić information content (AvgIpc) is 3.15. The summed E-state index contributed by atoms with van der Waals surface area (Å²) < 4.78 is 5.39. The Morgan fingerprint density at radius 3 is 2.32 bits per heavy atom. The molecule has 2 aliphatic heterocycles. The molecule has 2 saturated heterocycles. The number of likely N-dealkylation sites (tertiary alicyclic amines) is 1. The highest BCUT2D eigenvalue weighted by molar-refractivity contribution is 5.96. The number of rotatable bonds is 8. The highest BCUT2D eigenvalue weighted by atomic mass is 16.5. The second-order valence-electron chi connectivity index (χ2n) is 11.5. The van der Waals surface area contributed by atoms with Gasteiger partial charge in [-0.2, -0.15) is 0 Å². The topological polar surface area (TPSA) is 82.2 Å². The van der Waals surface area contributed by atoms with Crippen LogP contribution in [0.2, 0.25) is 0 Å². The minimum Gasteiger partial charge on any atom is -0.496 e. The van der Waals surface area contributed by atoms with Crippen molar-refractivity contribution >= 4 is 23.4 Å². The van der Waals surface area contributed by atoms with Crippen molar-refractivity contribution in [1.82, 2.24) is 15.1 Å². The number of ether oxygens (including phenoxy) is 1. The molecule has 0 bridgehead atoms. The fraction of sp³-hybridized carbons (Fsp3) is 0.500. The maximum Gasteiger partial charge on any atom is 0.250 e. The minimum absolute atomic E-state index is 0.00249. The molecule has 0 saturated carbocycles. The molecule has 2 heterocycles. The number of hydrogen-bond donors (Lipinski definition) is 1. The Morgan fingerprint density at radius 1 is 1.00 bits per heavy atom. The number of carbonyl (C=O) groups excluding carboxylic acids is 3.